The van der Waals surface area contributed by atoms with Gasteiger partial charge >= 0.3 is 0 Å². The van der Waals surface area contributed by atoms with Crippen molar-refractivity contribution in [2.75, 3.05) is 13.7 Å². The Morgan fingerprint density at radius 2 is 1.68 bits per heavy atom. The van der Waals surface area contributed by atoms with Crippen LogP contribution in [-0.2, 0) is 24.0 Å². The van der Waals surface area contributed by atoms with Crippen molar-refractivity contribution in [1.29, 1.82) is 0 Å². The van der Waals surface area contributed by atoms with Crippen molar-refractivity contribution in [3.8, 4) is 0 Å². The summed E-state index contributed by atoms with van der Waals surface area (Å²) < 4.78 is 4.91. The van der Waals surface area contributed by atoms with Crippen LogP contribution in [0.2, 0.25) is 0 Å². The Labute approximate surface area is 115 Å². The van der Waals surface area contributed by atoms with E-state index in [2.05, 4.69) is 29.2 Å². The van der Waals surface area contributed by atoms with E-state index in [0.717, 1.165) is 18.7 Å². The van der Waals surface area contributed by atoms with Crippen LogP contribution in [0.4, 0.5) is 0 Å². The maximum Gasteiger partial charge on any atom is 0.0517 e. The average Bonchev–Trinajstić information content (AvgIpc) is 2.95. The molecule has 0 saturated heterocycles. The number of benzene rings is 1. The van der Waals surface area contributed by atoms with Gasteiger partial charge in [0.05, 0.1) is 6.61 Å². The van der Waals surface area contributed by atoms with Gasteiger partial charge in [0.2, 0.25) is 0 Å². The lowest BCUT2D eigenvalue weighted by atomic mass is 10.1. The number of hydrogen-bond donors (Lipinski definition) is 0. The molecule has 0 saturated carbocycles. The summed E-state index contributed by atoms with van der Waals surface area (Å²) >= 11 is 0. The molecule has 0 aliphatic heterocycles. The van der Waals surface area contributed by atoms with Gasteiger partial charge in [0.1, 0.15) is 0 Å². The van der Waals surface area contributed by atoms with Gasteiger partial charge in [-0.05, 0) is 42.5 Å². The first kappa shape index (κ1) is 13.8. The Balaban J connectivity index is 0.000000141. The van der Waals surface area contributed by atoms with Crippen LogP contribution in [0.5, 0.6) is 0 Å². The van der Waals surface area contributed by atoms with Crippen LogP contribution in [-0.4, -0.2) is 18.7 Å². The maximum atomic E-state index is 4.91. The van der Waals surface area contributed by atoms with Gasteiger partial charge in [-0.1, -0.05) is 30.3 Å². The lowest BCUT2D eigenvalue weighted by Gasteiger charge is -1.96. The first-order valence-corrected chi connectivity index (χ1v) is 6.86. The van der Waals surface area contributed by atoms with Crippen molar-refractivity contribution < 1.29 is 4.74 Å². The number of methoxy groups -OCH3 is 1. The normalized spacial score (nSPS) is 12.5. The van der Waals surface area contributed by atoms with Crippen molar-refractivity contribution in [3.05, 3.63) is 65.5 Å². The van der Waals surface area contributed by atoms with E-state index in [1.165, 1.54) is 19.3 Å². The fraction of sp³-hybridized carbons (Fsp3) is 0.353. The minimum atomic E-state index is 0.747. The van der Waals surface area contributed by atoms with Gasteiger partial charge in [-0.3, -0.25) is 4.98 Å². The van der Waals surface area contributed by atoms with Crippen LogP contribution in [0.25, 0.3) is 0 Å². The Bertz CT molecular complexity index is 459. The highest BCUT2D eigenvalue weighted by atomic mass is 16.5. The second-order valence-corrected chi connectivity index (χ2v) is 4.69. The molecule has 1 aromatic carbocycles. The van der Waals surface area contributed by atoms with Crippen molar-refractivity contribution in [3.63, 3.8) is 0 Å². The zero-order chi connectivity index (χ0) is 13.3. The Hall–Kier alpha value is -1.67. The highest BCUT2D eigenvalue weighted by Crippen LogP contribution is 2.20. The standard InChI is InChI=1S/C9H10.C8H11NO/c1-2-5-9-7-3-6-8(9)4-1;1-10-7-5-8-4-2-3-6-9-8/h1-2,4-5H,3,6-7H2;2-4,6H,5,7H2,1H3. The molecule has 3 rings (SSSR count). The molecule has 2 aromatic rings. The fourth-order valence-electron chi connectivity index (χ4n) is 2.27. The van der Waals surface area contributed by atoms with Gasteiger partial charge in [-0.25, -0.2) is 0 Å². The number of rotatable bonds is 3. The van der Waals surface area contributed by atoms with Crippen molar-refractivity contribution in [2.45, 2.75) is 25.7 Å². The zero-order valence-corrected chi connectivity index (χ0v) is 11.5. The van der Waals surface area contributed by atoms with E-state index in [0.29, 0.717) is 0 Å². The maximum absolute atomic E-state index is 4.91. The number of aromatic nitrogens is 1. The molecule has 0 unspecified atom stereocenters. The molecule has 1 aliphatic rings. The van der Waals surface area contributed by atoms with E-state index in [-0.39, 0.29) is 0 Å². The molecule has 2 heteroatoms. The summed E-state index contributed by atoms with van der Waals surface area (Å²) in [6.07, 6.45) is 6.66. The van der Waals surface area contributed by atoms with Gasteiger partial charge in [0.25, 0.3) is 0 Å². The average molecular weight is 255 g/mol. The van der Waals surface area contributed by atoms with E-state index < -0.39 is 0 Å². The second-order valence-electron chi connectivity index (χ2n) is 4.69. The predicted molar refractivity (Wildman–Crippen MR) is 78.3 cm³/mol. The smallest absolute Gasteiger partial charge is 0.0517 e. The Morgan fingerprint density at radius 1 is 1.00 bits per heavy atom. The second kappa shape index (κ2) is 7.70. The van der Waals surface area contributed by atoms with Crippen molar-refractivity contribution in [1.82, 2.24) is 4.98 Å². The van der Waals surface area contributed by atoms with Gasteiger partial charge in [-0.2, -0.15) is 0 Å². The molecule has 0 N–H and O–H groups in total. The fourth-order valence-corrected chi connectivity index (χ4v) is 2.27. The molecule has 1 heterocycles. The number of hydrogen-bond acceptors (Lipinski definition) is 2. The third kappa shape index (κ3) is 4.49. The third-order valence-electron chi connectivity index (χ3n) is 3.30. The van der Waals surface area contributed by atoms with Crippen molar-refractivity contribution in [2.24, 2.45) is 0 Å². The van der Waals surface area contributed by atoms with E-state index in [1.54, 1.807) is 24.4 Å². The van der Waals surface area contributed by atoms with Gasteiger partial charge in [0.15, 0.2) is 0 Å². The van der Waals surface area contributed by atoms with Gasteiger partial charge in [-0.15, -0.1) is 0 Å². The molecule has 0 fully saturated rings. The number of nitrogens with zero attached hydrogens (tertiary/aromatic N) is 1. The van der Waals surface area contributed by atoms with Crippen LogP contribution in [0.3, 0.4) is 0 Å². The van der Waals surface area contributed by atoms with E-state index in [9.17, 15) is 0 Å². The first-order chi connectivity index (χ1) is 9.40. The molecule has 1 aromatic heterocycles. The molecular formula is C17H21NO. The minimum absolute atomic E-state index is 0.747. The zero-order valence-electron chi connectivity index (χ0n) is 11.5. The number of aryl methyl sites for hydroxylation is 2. The summed E-state index contributed by atoms with van der Waals surface area (Å²) in [5.74, 6) is 0. The quantitative estimate of drug-likeness (QED) is 0.838. The monoisotopic (exact) mass is 255 g/mol. The lowest BCUT2D eigenvalue weighted by Crippen LogP contribution is -1.95. The van der Waals surface area contributed by atoms with Gasteiger partial charge < -0.3 is 4.74 Å². The molecule has 100 valence electrons. The van der Waals surface area contributed by atoms with Crippen molar-refractivity contribution >= 4 is 0 Å². The SMILES string of the molecule is COCCc1ccccn1.c1ccc2c(c1)CCC2. The highest BCUT2D eigenvalue weighted by Gasteiger charge is 2.07. The van der Waals surface area contributed by atoms with Crippen LogP contribution >= 0.6 is 0 Å². The van der Waals surface area contributed by atoms with Crippen LogP contribution in [0.15, 0.2) is 48.7 Å². The van der Waals surface area contributed by atoms with E-state index in [4.69, 9.17) is 4.74 Å². The molecular weight excluding hydrogens is 234 g/mol. The van der Waals surface area contributed by atoms with Crippen LogP contribution in [0, 0.1) is 0 Å². The molecule has 2 nitrogen and oxygen atoms in total. The molecule has 0 radical (unpaired) electrons. The van der Waals surface area contributed by atoms with E-state index in [1.807, 2.05) is 18.2 Å². The molecule has 0 atom stereocenters. The summed E-state index contributed by atoms with van der Waals surface area (Å²) in [5.41, 5.74) is 4.22. The number of fused-ring (bicyclic) bond motifs is 1. The Kier molecular flexibility index (Phi) is 5.57. The molecule has 19 heavy (non-hydrogen) atoms. The third-order valence-corrected chi connectivity index (χ3v) is 3.30. The summed E-state index contributed by atoms with van der Waals surface area (Å²) in [5, 5.41) is 0. The van der Waals surface area contributed by atoms with Crippen LogP contribution < -0.4 is 0 Å². The predicted octanol–water partition coefficient (Wildman–Crippen LogP) is 3.45. The number of ether oxygens (including phenoxy) is 1. The molecule has 0 amide bonds. The topological polar surface area (TPSA) is 22.1 Å². The largest absolute Gasteiger partial charge is 0.384 e. The Morgan fingerprint density at radius 3 is 2.26 bits per heavy atom. The summed E-state index contributed by atoms with van der Waals surface area (Å²) in [7, 11) is 1.70. The highest BCUT2D eigenvalue weighted by molar-refractivity contribution is 5.30. The summed E-state index contributed by atoms with van der Waals surface area (Å²) in [6.45, 7) is 0.747. The molecule has 1 aliphatic carbocycles. The summed E-state index contributed by atoms with van der Waals surface area (Å²) in [6, 6.07) is 14.6. The van der Waals surface area contributed by atoms with E-state index >= 15 is 0 Å². The number of pyridine rings is 1. The first-order valence-electron chi connectivity index (χ1n) is 6.86. The van der Waals surface area contributed by atoms with Crippen LogP contribution in [0.1, 0.15) is 23.2 Å². The minimum Gasteiger partial charge on any atom is -0.384 e. The van der Waals surface area contributed by atoms with Gasteiger partial charge in [0, 0.05) is 25.4 Å². The molecule has 0 bridgehead atoms. The lowest BCUT2D eigenvalue weighted by molar-refractivity contribution is 0.201. The molecule has 0 spiro atoms. The summed E-state index contributed by atoms with van der Waals surface area (Å²) in [4.78, 5) is 4.14.